The molecule has 1 heteroatoms. The third kappa shape index (κ3) is 1.25. The molecule has 1 N–H and O–H groups in total. The van der Waals surface area contributed by atoms with E-state index in [2.05, 4.69) is 36.5 Å². The van der Waals surface area contributed by atoms with Gasteiger partial charge in [-0.1, -0.05) is 31.2 Å². The molecule has 0 heterocycles. The fraction of sp³-hybridized carbons (Fsp3) is 0.455. The summed E-state index contributed by atoms with van der Waals surface area (Å²) in [6, 6.07) is 9.37. The van der Waals surface area contributed by atoms with Crippen molar-refractivity contribution in [2.24, 2.45) is 0 Å². The van der Waals surface area contributed by atoms with E-state index in [1.54, 1.807) is 0 Å². The molecule has 1 aromatic carbocycles. The van der Waals surface area contributed by atoms with Crippen LogP contribution in [0.1, 0.15) is 30.5 Å². The first-order valence-electron chi connectivity index (χ1n) is 4.73. The lowest BCUT2D eigenvalue weighted by atomic mass is 10.1. The minimum absolute atomic E-state index is 0.617. The van der Waals surface area contributed by atoms with Gasteiger partial charge in [-0.15, -0.1) is 0 Å². The normalized spacial score (nSPS) is 20.9. The SMILES string of the molecule is CCN[C@H]1CCc2ccccc21. The molecule has 0 aliphatic heterocycles. The molecule has 12 heavy (non-hydrogen) atoms. The molecule has 2 rings (SSSR count). The number of fused-ring (bicyclic) bond motifs is 1. The van der Waals surface area contributed by atoms with Crippen molar-refractivity contribution in [3.8, 4) is 0 Å². The van der Waals surface area contributed by atoms with Crippen LogP contribution in [0.25, 0.3) is 0 Å². The Hall–Kier alpha value is -0.820. The lowest BCUT2D eigenvalue weighted by Gasteiger charge is -2.11. The van der Waals surface area contributed by atoms with Crippen molar-refractivity contribution >= 4 is 0 Å². The van der Waals surface area contributed by atoms with Crippen molar-refractivity contribution in [2.45, 2.75) is 25.8 Å². The molecular weight excluding hydrogens is 146 g/mol. The summed E-state index contributed by atoms with van der Waals surface area (Å²) in [6.45, 7) is 3.24. The molecular formula is C11H15N. The van der Waals surface area contributed by atoms with E-state index in [0.717, 1.165) is 6.54 Å². The summed E-state index contributed by atoms with van der Waals surface area (Å²) < 4.78 is 0. The topological polar surface area (TPSA) is 12.0 Å². The van der Waals surface area contributed by atoms with Crippen LogP contribution in [0.5, 0.6) is 0 Å². The molecule has 1 nitrogen and oxygen atoms in total. The molecule has 1 aromatic rings. The Labute approximate surface area is 73.8 Å². The van der Waals surface area contributed by atoms with E-state index < -0.39 is 0 Å². The van der Waals surface area contributed by atoms with E-state index >= 15 is 0 Å². The van der Waals surface area contributed by atoms with Gasteiger partial charge in [-0.05, 0) is 30.5 Å². The lowest BCUT2D eigenvalue weighted by molar-refractivity contribution is 0.549. The van der Waals surface area contributed by atoms with Gasteiger partial charge >= 0.3 is 0 Å². The van der Waals surface area contributed by atoms with E-state index in [1.165, 1.54) is 24.0 Å². The van der Waals surface area contributed by atoms with Crippen LogP contribution in [0.4, 0.5) is 0 Å². The second-order valence-electron chi connectivity index (χ2n) is 3.35. The van der Waals surface area contributed by atoms with Crippen LogP contribution in [0.3, 0.4) is 0 Å². The minimum Gasteiger partial charge on any atom is -0.310 e. The average molecular weight is 161 g/mol. The maximum Gasteiger partial charge on any atom is 0.0326 e. The van der Waals surface area contributed by atoms with Gasteiger partial charge in [0.1, 0.15) is 0 Å². The van der Waals surface area contributed by atoms with Crippen LogP contribution in [-0.2, 0) is 6.42 Å². The largest absolute Gasteiger partial charge is 0.310 e. The van der Waals surface area contributed by atoms with Gasteiger partial charge in [0.2, 0.25) is 0 Å². The number of nitrogens with one attached hydrogen (secondary N) is 1. The van der Waals surface area contributed by atoms with Crippen LogP contribution in [-0.4, -0.2) is 6.54 Å². The highest BCUT2D eigenvalue weighted by molar-refractivity contribution is 5.34. The Morgan fingerprint density at radius 2 is 2.25 bits per heavy atom. The number of benzene rings is 1. The van der Waals surface area contributed by atoms with Gasteiger partial charge in [-0.25, -0.2) is 0 Å². The molecule has 64 valence electrons. The molecule has 0 unspecified atom stereocenters. The molecule has 0 amide bonds. The Morgan fingerprint density at radius 3 is 3.08 bits per heavy atom. The van der Waals surface area contributed by atoms with Crippen LogP contribution in [0.2, 0.25) is 0 Å². The molecule has 0 saturated carbocycles. The zero-order valence-corrected chi connectivity index (χ0v) is 7.51. The highest BCUT2D eigenvalue weighted by Crippen LogP contribution is 2.30. The van der Waals surface area contributed by atoms with Crippen LogP contribution < -0.4 is 5.32 Å². The van der Waals surface area contributed by atoms with Crippen molar-refractivity contribution in [3.63, 3.8) is 0 Å². The maximum absolute atomic E-state index is 3.50. The average Bonchev–Trinajstić information content (AvgIpc) is 2.50. The molecule has 1 atom stereocenters. The fourth-order valence-corrected chi connectivity index (χ4v) is 2.02. The molecule has 0 fully saturated rings. The van der Waals surface area contributed by atoms with Gasteiger partial charge in [0, 0.05) is 6.04 Å². The monoisotopic (exact) mass is 161 g/mol. The van der Waals surface area contributed by atoms with Gasteiger partial charge in [0.05, 0.1) is 0 Å². The van der Waals surface area contributed by atoms with Gasteiger partial charge < -0.3 is 5.32 Å². The van der Waals surface area contributed by atoms with Crippen molar-refractivity contribution in [3.05, 3.63) is 35.4 Å². The summed E-state index contributed by atoms with van der Waals surface area (Å²) in [4.78, 5) is 0. The van der Waals surface area contributed by atoms with Crippen molar-refractivity contribution in [2.75, 3.05) is 6.54 Å². The molecule has 0 spiro atoms. The summed E-state index contributed by atoms with van der Waals surface area (Å²) in [5.41, 5.74) is 3.04. The first-order chi connectivity index (χ1) is 5.92. The minimum atomic E-state index is 0.617. The standard InChI is InChI=1S/C11H15N/c1-2-12-11-8-7-9-5-3-4-6-10(9)11/h3-6,11-12H,2,7-8H2,1H3/t11-/m0/s1. The molecule has 0 saturated heterocycles. The number of hydrogen-bond donors (Lipinski definition) is 1. The van der Waals surface area contributed by atoms with Gasteiger partial charge in [-0.3, -0.25) is 0 Å². The van der Waals surface area contributed by atoms with E-state index in [-0.39, 0.29) is 0 Å². The zero-order chi connectivity index (χ0) is 8.39. The smallest absolute Gasteiger partial charge is 0.0326 e. The number of rotatable bonds is 2. The van der Waals surface area contributed by atoms with Gasteiger partial charge in [-0.2, -0.15) is 0 Å². The zero-order valence-electron chi connectivity index (χ0n) is 7.51. The van der Waals surface area contributed by atoms with Crippen LogP contribution in [0, 0.1) is 0 Å². The predicted molar refractivity (Wildman–Crippen MR) is 51.2 cm³/mol. The quantitative estimate of drug-likeness (QED) is 0.701. The van der Waals surface area contributed by atoms with E-state index in [1.807, 2.05) is 0 Å². The third-order valence-corrected chi connectivity index (χ3v) is 2.58. The number of aryl methyl sites for hydroxylation is 1. The Kier molecular flexibility index (Phi) is 2.13. The lowest BCUT2D eigenvalue weighted by Crippen LogP contribution is -2.18. The van der Waals surface area contributed by atoms with Gasteiger partial charge in [0.15, 0.2) is 0 Å². The van der Waals surface area contributed by atoms with Crippen molar-refractivity contribution in [1.29, 1.82) is 0 Å². The summed E-state index contributed by atoms with van der Waals surface area (Å²) in [6.07, 6.45) is 2.51. The summed E-state index contributed by atoms with van der Waals surface area (Å²) in [5.74, 6) is 0. The van der Waals surface area contributed by atoms with Crippen molar-refractivity contribution in [1.82, 2.24) is 5.32 Å². The van der Waals surface area contributed by atoms with Crippen molar-refractivity contribution < 1.29 is 0 Å². The Balaban J connectivity index is 2.24. The summed E-state index contributed by atoms with van der Waals surface area (Å²) in [7, 11) is 0. The summed E-state index contributed by atoms with van der Waals surface area (Å²) >= 11 is 0. The second-order valence-corrected chi connectivity index (χ2v) is 3.35. The van der Waals surface area contributed by atoms with E-state index in [4.69, 9.17) is 0 Å². The molecule has 1 aliphatic rings. The summed E-state index contributed by atoms with van der Waals surface area (Å²) in [5, 5.41) is 3.50. The van der Waals surface area contributed by atoms with E-state index in [0.29, 0.717) is 6.04 Å². The first-order valence-corrected chi connectivity index (χ1v) is 4.73. The fourth-order valence-electron chi connectivity index (χ4n) is 2.02. The first kappa shape index (κ1) is 7.81. The molecule has 0 bridgehead atoms. The van der Waals surface area contributed by atoms with E-state index in [9.17, 15) is 0 Å². The highest BCUT2D eigenvalue weighted by Gasteiger charge is 2.19. The van der Waals surface area contributed by atoms with Crippen LogP contribution >= 0.6 is 0 Å². The molecule has 1 aliphatic carbocycles. The molecule has 0 aromatic heterocycles. The number of hydrogen-bond acceptors (Lipinski definition) is 1. The predicted octanol–water partition coefficient (Wildman–Crippen LogP) is 2.28. The maximum atomic E-state index is 3.50. The van der Waals surface area contributed by atoms with Gasteiger partial charge in [0.25, 0.3) is 0 Å². The Morgan fingerprint density at radius 1 is 1.42 bits per heavy atom. The third-order valence-electron chi connectivity index (χ3n) is 2.58. The second kappa shape index (κ2) is 3.28. The Bertz CT molecular complexity index is 265. The van der Waals surface area contributed by atoms with Crippen LogP contribution in [0.15, 0.2) is 24.3 Å². The highest BCUT2D eigenvalue weighted by atomic mass is 14.9. The molecule has 0 radical (unpaired) electrons.